The molecule has 0 fully saturated rings. The topological polar surface area (TPSA) is 209 Å². The molecule has 0 bridgehead atoms. The number of aliphatic hydroxyl groups is 1. The molecule has 42 heavy (non-hydrogen) atoms. The van der Waals surface area contributed by atoms with E-state index in [1.807, 2.05) is 0 Å². The Balaban J connectivity index is 0.00000101. The average molecular weight is 605 g/mol. The van der Waals surface area contributed by atoms with Crippen molar-refractivity contribution in [3.8, 4) is 0 Å². The van der Waals surface area contributed by atoms with Gasteiger partial charge in [0, 0.05) is 25.2 Å². The fourth-order valence-corrected chi connectivity index (χ4v) is 2.38. The number of nitrogens with one attached hydrogen (secondary N) is 2. The van der Waals surface area contributed by atoms with E-state index in [1.165, 1.54) is 0 Å². The largest absolute Gasteiger partial charge is 0.455 e. The number of carbonyl (C=O) groups excluding carboxylic acids is 3. The number of esters is 1. The van der Waals surface area contributed by atoms with Crippen LogP contribution < -0.4 is 10.6 Å². The Morgan fingerprint density at radius 2 is 1.24 bits per heavy atom. The van der Waals surface area contributed by atoms with E-state index in [1.54, 1.807) is 41.5 Å². The van der Waals surface area contributed by atoms with E-state index in [-0.39, 0.29) is 13.1 Å². The molecule has 0 saturated carbocycles. The number of carbonyl (C=O) groups is 3. The summed E-state index contributed by atoms with van der Waals surface area (Å²) in [5.74, 6) is -2.78. The number of amides is 2. The van der Waals surface area contributed by atoms with Gasteiger partial charge in [0.2, 0.25) is 0 Å². The molecule has 0 aliphatic rings. The molecule has 17 heteroatoms. The van der Waals surface area contributed by atoms with Gasteiger partial charge < -0.3 is 30.0 Å². The number of non-ortho nitro benzene ring substituents is 2. The molecule has 0 heterocycles. The van der Waals surface area contributed by atoms with Crippen LogP contribution in [0.2, 0.25) is 0 Å². The standard InChI is InChI=1S/C16H18FN3O8.C9H16FNO3/c1-16(2,3)28-15(22)18-5-4-11(17)9-27-14(21)10-6-12(19(23)24)8-13(7-10)20(25)26;1-9(2,3)14-8(13)11-5-4-7(10)6-12/h4,6-8H,5,9H2,1-3H3,(H,18,22);4,12H,5-6H2,1-3H3,(H,11,13)/b11-4-;7-4-. The van der Waals surface area contributed by atoms with Gasteiger partial charge in [-0.3, -0.25) is 20.2 Å². The summed E-state index contributed by atoms with van der Waals surface area (Å²) in [6.07, 6.45) is 0.619. The van der Waals surface area contributed by atoms with Crippen LogP contribution in [0.1, 0.15) is 51.9 Å². The fraction of sp³-hybridized carbons (Fsp3) is 0.480. The molecule has 0 saturated heterocycles. The smallest absolute Gasteiger partial charge is 0.407 e. The Morgan fingerprint density at radius 1 is 0.833 bits per heavy atom. The molecular weight excluding hydrogens is 570 g/mol. The first-order valence-corrected chi connectivity index (χ1v) is 12.1. The maximum absolute atomic E-state index is 13.7. The third kappa shape index (κ3) is 17.8. The number of nitrogens with zero attached hydrogens (tertiary/aromatic N) is 2. The highest BCUT2D eigenvalue weighted by atomic mass is 19.1. The number of aliphatic hydroxyl groups excluding tert-OH is 1. The minimum atomic E-state index is -1.18. The number of nitro benzene ring substituents is 2. The van der Waals surface area contributed by atoms with Crippen molar-refractivity contribution < 1.29 is 52.3 Å². The van der Waals surface area contributed by atoms with Gasteiger partial charge in [-0.15, -0.1) is 0 Å². The number of halogens is 2. The van der Waals surface area contributed by atoms with Gasteiger partial charge in [0.1, 0.15) is 29.5 Å². The summed E-state index contributed by atoms with van der Waals surface area (Å²) in [4.78, 5) is 54.0. The van der Waals surface area contributed by atoms with E-state index < -0.39 is 81.0 Å². The zero-order valence-electron chi connectivity index (χ0n) is 23.9. The van der Waals surface area contributed by atoms with Crippen molar-refractivity contribution in [2.24, 2.45) is 0 Å². The van der Waals surface area contributed by atoms with Gasteiger partial charge in [-0.1, -0.05) is 0 Å². The van der Waals surface area contributed by atoms with Crippen molar-refractivity contribution in [2.75, 3.05) is 26.3 Å². The lowest BCUT2D eigenvalue weighted by molar-refractivity contribution is -0.394. The molecule has 1 aromatic rings. The van der Waals surface area contributed by atoms with E-state index in [2.05, 4.69) is 15.4 Å². The molecule has 3 N–H and O–H groups in total. The second-order valence-electron chi connectivity index (χ2n) is 10.1. The first kappa shape index (κ1) is 37.3. The van der Waals surface area contributed by atoms with Crippen molar-refractivity contribution >= 4 is 29.5 Å². The van der Waals surface area contributed by atoms with Gasteiger partial charge in [-0.25, -0.2) is 23.2 Å². The first-order valence-electron chi connectivity index (χ1n) is 12.1. The number of ether oxygens (including phenoxy) is 3. The molecule has 0 unspecified atom stereocenters. The van der Waals surface area contributed by atoms with E-state index >= 15 is 0 Å². The Bertz CT molecular complexity index is 1160. The van der Waals surface area contributed by atoms with Crippen molar-refractivity contribution in [1.29, 1.82) is 0 Å². The number of benzene rings is 1. The van der Waals surface area contributed by atoms with Gasteiger partial charge in [0.25, 0.3) is 11.4 Å². The summed E-state index contributed by atoms with van der Waals surface area (Å²) in [5.41, 5.74) is -3.12. The molecule has 0 spiro atoms. The highest BCUT2D eigenvalue weighted by Crippen LogP contribution is 2.23. The maximum Gasteiger partial charge on any atom is 0.407 e. The van der Waals surface area contributed by atoms with Gasteiger partial charge in [-0.2, -0.15) is 0 Å². The lowest BCUT2D eigenvalue weighted by Crippen LogP contribution is -2.32. The van der Waals surface area contributed by atoms with Crippen LogP contribution in [0.15, 0.2) is 42.0 Å². The molecular formula is C25H34F2N4O11. The molecule has 1 rings (SSSR count). The normalized spacial score (nSPS) is 11.8. The predicted octanol–water partition coefficient (Wildman–Crippen LogP) is 4.39. The van der Waals surface area contributed by atoms with Crippen LogP contribution in [-0.4, -0.2) is 70.6 Å². The summed E-state index contributed by atoms with van der Waals surface area (Å²) < 4.78 is 40.5. The van der Waals surface area contributed by atoms with Gasteiger partial charge in [0.15, 0.2) is 0 Å². The molecule has 234 valence electrons. The second kappa shape index (κ2) is 17.2. The quantitative estimate of drug-likeness (QED) is 0.147. The number of hydrogen-bond acceptors (Lipinski definition) is 11. The number of nitro groups is 2. The fourth-order valence-electron chi connectivity index (χ4n) is 2.38. The van der Waals surface area contributed by atoms with Crippen LogP contribution in [0.3, 0.4) is 0 Å². The third-order valence-electron chi connectivity index (χ3n) is 3.99. The molecule has 0 atom stereocenters. The highest BCUT2D eigenvalue weighted by molar-refractivity contribution is 5.91. The van der Waals surface area contributed by atoms with Crippen LogP contribution in [0.5, 0.6) is 0 Å². The number of rotatable bonds is 10. The molecule has 15 nitrogen and oxygen atoms in total. The maximum atomic E-state index is 13.7. The second-order valence-corrected chi connectivity index (χ2v) is 10.1. The SMILES string of the molecule is CC(C)(C)OC(=O)NC/C=C(\F)CO.CC(C)(C)OC(=O)NC/C=C(\F)COC(=O)c1cc([N+](=O)[O-])cc([N+](=O)[O-])c1. The van der Waals surface area contributed by atoms with Crippen molar-refractivity contribution in [3.05, 3.63) is 67.8 Å². The molecule has 2 amide bonds. The van der Waals surface area contributed by atoms with E-state index in [9.17, 15) is 43.4 Å². The van der Waals surface area contributed by atoms with E-state index in [0.717, 1.165) is 24.3 Å². The minimum absolute atomic E-state index is 0.00130. The zero-order valence-corrected chi connectivity index (χ0v) is 23.9. The van der Waals surface area contributed by atoms with E-state index in [4.69, 9.17) is 14.6 Å². The Morgan fingerprint density at radius 3 is 1.60 bits per heavy atom. The summed E-state index contributed by atoms with van der Waals surface area (Å²) >= 11 is 0. The van der Waals surface area contributed by atoms with Crippen LogP contribution in [0.25, 0.3) is 0 Å². The summed E-state index contributed by atoms with van der Waals surface area (Å²) in [5, 5.41) is 34.5. The lowest BCUT2D eigenvalue weighted by atomic mass is 10.2. The Kier molecular flexibility index (Phi) is 15.3. The van der Waals surface area contributed by atoms with Gasteiger partial charge >= 0.3 is 18.2 Å². The van der Waals surface area contributed by atoms with Crippen LogP contribution in [0, 0.1) is 20.2 Å². The van der Waals surface area contributed by atoms with Crippen molar-refractivity contribution in [3.63, 3.8) is 0 Å². The predicted molar refractivity (Wildman–Crippen MR) is 144 cm³/mol. The first-order chi connectivity index (χ1) is 19.2. The molecule has 0 aliphatic carbocycles. The summed E-state index contributed by atoms with van der Waals surface area (Å²) in [6.45, 7) is 8.44. The van der Waals surface area contributed by atoms with Gasteiger partial charge in [-0.05, 0) is 53.7 Å². The van der Waals surface area contributed by atoms with E-state index in [0.29, 0.717) is 6.07 Å². The van der Waals surface area contributed by atoms with Crippen LogP contribution >= 0.6 is 0 Å². The lowest BCUT2D eigenvalue weighted by Gasteiger charge is -2.19. The average Bonchev–Trinajstić information content (AvgIpc) is 2.84. The number of hydrogen-bond donors (Lipinski definition) is 3. The molecule has 0 aromatic heterocycles. The van der Waals surface area contributed by atoms with Crippen LogP contribution in [-0.2, 0) is 14.2 Å². The molecule has 0 radical (unpaired) electrons. The third-order valence-corrected chi connectivity index (χ3v) is 3.99. The summed E-state index contributed by atoms with van der Waals surface area (Å²) in [6, 6.07) is 2.24. The molecule has 0 aliphatic heterocycles. The minimum Gasteiger partial charge on any atom is -0.455 e. The van der Waals surface area contributed by atoms with Crippen molar-refractivity contribution in [1.82, 2.24) is 10.6 Å². The zero-order chi connectivity index (χ0) is 32.7. The summed E-state index contributed by atoms with van der Waals surface area (Å²) in [7, 11) is 0. The Hall–Kier alpha value is -4.67. The molecule has 1 aromatic carbocycles. The highest BCUT2D eigenvalue weighted by Gasteiger charge is 2.21. The van der Waals surface area contributed by atoms with Crippen molar-refractivity contribution in [2.45, 2.75) is 52.7 Å². The van der Waals surface area contributed by atoms with Gasteiger partial charge in [0.05, 0.1) is 28.1 Å². The monoisotopic (exact) mass is 604 g/mol. The van der Waals surface area contributed by atoms with Crippen LogP contribution in [0.4, 0.5) is 29.7 Å². The Labute approximate surface area is 239 Å². The number of alkyl carbamates (subject to hydrolysis) is 2.